The van der Waals surface area contributed by atoms with Gasteiger partial charge in [0.1, 0.15) is 0 Å². The van der Waals surface area contributed by atoms with Crippen molar-refractivity contribution in [1.82, 2.24) is 25.1 Å². The van der Waals surface area contributed by atoms with Gasteiger partial charge in [0, 0.05) is 10.6 Å². The maximum absolute atomic E-state index is 6.20. The van der Waals surface area contributed by atoms with Crippen LogP contribution in [0.3, 0.4) is 0 Å². The number of halogens is 1. The first kappa shape index (κ1) is 16.3. The van der Waals surface area contributed by atoms with Gasteiger partial charge >= 0.3 is 0 Å². The summed E-state index contributed by atoms with van der Waals surface area (Å²) in [6.07, 6.45) is 0.966. The normalized spacial score (nSPS) is 11.0. The van der Waals surface area contributed by atoms with Crippen molar-refractivity contribution in [3.05, 3.63) is 59.1 Å². The molecule has 4 aromatic rings. The molecule has 2 aromatic heterocycles. The predicted octanol–water partition coefficient (Wildman–Crippen LogP) is 3.78. The van der Waals surface area contributed by atoms with Crippen LogP contribution in [0.15, 0.2) is 53.1 Å². The number of rotatable bonds is 4. The molecule has 0 radical (unpaired) electrons. The van der Waals surface area contributed by atoms with Crippen molar-refractivity contribution < 1.29 is 4.52 Å². The highest BCUT2D eigenvalue weighted by atomic mass is 35.5. The molecule has 0 spiro atoms. The molecule has 0 unspecified atom stereocenters. The molecule has 0 bridgehead atoms. The van der Waals surface area contributed by atoms with E-state index in [4.69, 9.17) is 21.9 Å². The fourth-order valence-corrected chi connectivity index (χ4v) is 2.67. The Bertz CT molecular complexity index is 1040. The van der Waals surface area contributed by atoms with E-state index in [1.807, 2.05) is 36.4 Å². The van der Waals surface area contributed by atoms with Crippen molar-refractivity contribution >= 4 is 17.4 Å². The van der Waals surface area contributed by atoms with E-state index in [0.717, 1.165) is 17.7 Å². The molecule has 0 saturated heterocycles. The van der Waals surface area contributed by atoms with Gasteiger partial charge in [-0.3, -0.25) is 0 Å². The molecule has 2 aromatic carbocycles. The Labute approximate surface area is 154 Å². The third-order valence-corrected chi connectivity index (χ3v) is 4.28. The highest BCUT2D eigenvalue weighted by Gasteiger charge is 2.19. The van der Waals surface area contributed by atoms with E-state index in [1.165, 1.54) is 5.56 Å². The van der Waals surface area contributed by atoms with Gasteiger partial charge in [0.2, 0.25) is 5.82 Å². The third-order valence-electron chi connectivity index (χ3n) is 4.03. The van der Waals surface area contributed by atoms with Gasteiger partial charge in [-0.25, -0.2) is 0 Å². The number of anilines is 1. The lowest BCUT2D eigenvalue weighted by Crippen LogP contribution is -2.02. The molecular formula is C18H15ClN6O. The summed E-state index contributed by atoms with van der Waals surface area (Å²) in [7, 11) is 0. The Morgan fingerprint density at radius 1 is 1.08 bits per heavy atom. The number of nitrogens with zero attached hydrogens (tertiary/aromatic N) is 5. The molecule has 0 saturated carbocycles. The molecule has 4 rings (SSSR count). The van der Waals surface area contributed by atoms with Crippen LogP contribution in [-0.2, 0) is 6.42 Å². The lowest BCUT2D eigenvalue weighted by Gasteiger charge is -2.03. The topological polar surface area (TPSA) is 95.6 Å². The van der Waals surface area contributed by atoms with Gasteiger partial charge in [-0.1, -0.05) is 41.0 Å². The van der Waals surface area contributed by atoms with Crippen molar-refractivity contribution in [2.24, 2.45) is 0 Å². The Morgan fingerprint density at radius 2 is 1.81 bits per heavy atom. The molecule has 0 aliphatic carbocycles. The van der Waals surface area contributed by atoms with Gasteiger partial charge in [0.15, 0.2) is 11.5 Å². The van der Waals surface area contributed by atoms with Crippen molar-refractivity contribution in [3.63, 3.8) is 0 Å². The summed E-state index contributed by atoms with van der Waals surface area (Å²) < 4.78 is 6.85. The zero-order valence-corrected chi connectivity index (χ0v) is 14.7. The fraction of sp³-hybridized carbons (Fsp3) is 0.111. The van der Waals surface area contributed by atoms with Crippen LogP contribution >= 0.6 is 11.6 Å². The van der Waals surface area contributed by atoms with Gasteiger partial charge in [-0.15, -0.1) is 5.10 Å². The summed E-state index contributed by atoms with van der Waals surface area (Å²) in [6.45, 7) is 2.10. The second kappa shape index (κ2) is 6.61. The van der Waals surface area contributed by atoms with Gasteiger partial charge in [-0.2, -0.15) is 9.67 Å². The van der Waals surface area contributed by atoms with Crippen molar-refractivity contribution in [3.8, 4) is 28.7 Å². The lowest BCUT2D eigenvalue weighted by atomic mass is 10.1. The van der Waals surface area contributed by atoms with Gasteiger partial charge in [-0.05, 0) is 48.4 Å². The quantitative estimate of drug-likeness (QED) is 0.590. The first-order valence-electron chi connectivity index (χ1n) is 8.06. The molecule has 2 N–H and O–H groups in total. The minimum absolute atomic E-state index is 0.212. The number of hydrogen-bond donors (Lipinski definition) is 1. The van der Waals surface area contributed by atoms with Crippen molar-refractivity contribution in [2.45, 2.75) is 13.3 Å². The monoisotopic (exact) mass is 366 g/mol. The average Bonchev–Trinajstić information content (AvgIpc) is 3.29. The molecule has 0 amide bonds. The van der Waals surface area contributed by atoms with Gasteiger partial charge in [0.25, 0.3) is 5.89 Å². The minimum atomic E-state index is 0.212. The Kier molecular flexibility index (Phi) is 4.14. The minimum Gasteiger partial charge on any atom is -0.382 e. The summed E-state index contributed by atoms with van der Waals surface area (Å²) >= 11 is 5.90. The molecule has 130 valence electrons. The molecule has 26 heavy (non-hydrogen) atoms. The molecule has 2 heterocycles. The summed E-state index contributed by atoms with van der Waals surface area (Å²) in [4.78, 5) is 4.36. The maximum Gasteiger partial charge on any atom is 0.282 e. The summed E-state index contributed by atoms with van der Waals surface area (Å²) in [5, 5.41) is 12.8. The number of aromatic nitrogens is 5. The SMILES string of the molecule is CCc1ccc(-n2nnc(-c3nc(-c4ccc(Cl)cc4)no3)c2N)cc1. The van der Waals surface area contributed by atoms with Crippen LogP contribution in [0.5, 0.6) is 0 Å². The first-order valence-corrected chi connectivity index (χ1v) is 8.44. The zero-order chi connectivity index (χ0) is 18.1. The molecule has 0 aliphatic rings. The fourth-order valence-electron chi connectivity index (χ4n) is 2.54. The second-order valence-corrected chi connectivity index (χ2v) is 6.12. The van der Waals surface area contributed by atoms with E-state index in [2.05, 4.69) is 27.4 Å². The molecule has 0 atom stereocenters. The number of nitrogen functional groups attached to an aromatic ring is 1. The largest absolute Gasteiger partial charge is 0.382 e. The van der Waals surface area contributed by atoms with Crippen LogP contribution < -0.4 is 5.73 Å². The predicted molar refractivity (Wildman–Crippen MR) is 98.9 cm³/mol. The van der Waals surface area contributed by atoms with E-state index >= 15 is 0 Å². The van der Waals surface area contributed by atoms with E-state index in [9.17, 15) is 0 Å². The average molecular weight is 367 g/mol. The molecule has 0 aliphatic heterocycles. The molecule has 8 heteroatoms. The molecule has 0 fully saturated rings. The summed E-state index contributed by atoms with van der Waals surface area (Å²) in [5.74, 6) is 0.974. The van der Waals surface area contributed by atoms with Crippen LogP contribution in [0.1, 0.15) is 12.5 Å². The third kappa shape index (κ3) is 2.93. The maximum atomic E-state index is 6.20. The Balaban J connectivity index is 1.67. The molecule has 7 nitrogen and oxygen atoms in total. The van der Waals surface area contributed by atoms with Gasteiger partial charge < -0.3 is 10.3 Å². The van der Waals surface area contributed by atoms with E-state index in [1.54, 1.807) is 16.8 Å². The highest BCUT2D eigenvalue weighted by molar-refractivity contribution is 6.30. The smallest absolute Gasteiger partial charge is 0.282 e. The van der Waals surface area contributed by atoms with Crippen LogP contribution in [0, 0.1) is 0 Å². The van der Waals surface area contributed by atoms with Crippen molar-refractivity contribution in [1.29, 1.82) is 0 Å². The number of aryl methyl sites for hydroxylation is 1. The second-order valence-electron chi connectivity index (χ2n) is 5.69. The lowest BCUT2D eigenvalue weighted by molar-refractivity contribution is 0.431. The van der Waals surface area contributed by atoms with Gasteiger partial charge in [0.05, 0.1) is 5.69 Å². The van der Waals surface area contributed by atoms with Crippen LogP contribution in [0.25, 0.3) is 28.7 Å². The zero-order valence-electron chi connectivity index (χ0n) is 13.9. The van der Waals surface area contributed by atoms with E-state index < -0.39 is 0 Å². The molecular weight excluding hydrogens is 352 g/mol. The van der Waals surface area contributed by atoms with Crippen molar-refractivity contribution in [2.75, 3.05) is 5.73 Å². The Hall–Kier alpha value is -3.19. The Morgan fingerprint density at radius 3 is 2.50 bits per heavy atom. The number of hydrogen-bond acceptors (Lipinski definition) is 6. The standard InChI is InChI=1S/C18H15ClN6O/c1-2-11-3-9-14(10-4-11)25-16(20)15(22-24-25)18-21-17(23-26-18)12-5-7-13(19)8-6-12/h3-10H,2,20H2,1H3. The first-order chi connectivity index (χ1) is 12.7. The van der Waals surface area contributed by atoms with Crippen LogP contribution in [-0.4, -0.2) is 25.1 Å². The van der Waals surface area contributed by atoms with Crippen LogP contribution in [0.4, 0.5) is 5.82 Å². The number of benzene rings is 2. The summed E-state index contributed by atoms with van der Waals surface area (Å²) in [5.41, 5.74) is 9.38. The van der Waals surface area contributed by atoms with E-state index in [0.29, 0.717) is 22.4 Å². The highest BCUT2D eigenvalue weighted by Crippen LogP contribution is 2.27. The summed E-state index contributed by atoms with van der Waals surface area (Å²) in [6, 6.07) is 15.1. The van der Waals surface area contributed by atoms with E-state index in [-0.39, 0.29) is 5.89 Å². The number of nitrogens with two attached hydrogens (primary N) is 1. The van der Waals surface area contributed by atoms with Crippen LogP contribution in [0.2, 0.25) is 5.02 Å².